The van der Waals surface area contributed by atoms with E-state index in [1.807, 2.05) is 0 Å². The highest BCUT2D eigenvalue weighted by Crippen LogP contribution is 2.12. The Morgan fingerprint density at radius 1 is 1.42 bits per heavy atom. The summed E-state index contributed by atoms with van der Waals surface area (Å²) in [5, 5.41) is 11.2. The molecule has 3 N–H and O–H groups in total. The van der Waals surface area contributed by atoms with Crippen molar-refractivity contribution in [3.8, 4) is 0 Å². The maximum Gasteiger partial charge on any atom is 0.243 e. The van der Waals surface area contributed by atoms with Crippen LogP contribution in [0.2, 0.25) is 0 Å². The van der Waals surface area contributed by atoms with E-state index in [2.05, 4.69) is 20.5 Å². The zero-order valence-electron chi connectivity index (χ0n) is 10.2. The summed E-state index contributed by atoms with van der Waals surface area (Å²) in [7, 11) is 1.77. The first-order valence-corrected chi connectivity index (χ1v) is 5.65. The summed E-state index contributed by atoms with van der Waals surface area (Å²) in [6, 6.07) is 2.90. The van der Waals surface area contributed by atoms with Gasteiger partial charge in [0.05, 0.1) is 12.4 Å². The molecule has 0 aliphatic rings. The van der Waals surface area contributed by atoms with Gasteiger partial charge in [0.1, 0.15) is 11.6 Å². The number of fused-ring (bicyclic) bond motifs is 1. The zero-order chi connectivity index (χ0) is 13.4. The van der Waals surface area contributed by atoms with Crippen molar-refractivity contribution >= 4 is 17.4 Å². The molecule has 0 radical (unpaired) electrons. The second-order valence-corrected chi connectivity index (χ2v) is 4.12. The second kappa shape index (κ2) is 4.23. The summed E-state index contributed by atoms with van der Waals surface area (Å²) < 4.78 is 16.0. The first-order chi connectivity index (χ1) is 9.13. The topological polar surface area (TPSA) is 86.1 Å². The Bertz CT molecular complexity index is 730. The van der Waals surface area contributed by atoms with Gasteiger partial charge in [0.15, 0.2) is 5.65 Å². The monoisotopic (exact) mass is 261 g/mol. The lowest BCUT2D eigenvalue weighted by Gasteiger charge is -2.00. The standard InChI is InChI=1S/C11H12FN7/c1-18-10(13)7(5-15-18)4-14-11-16-9-3-2-8(12)6-19(9)17-11/h2-3,5-6H,4,13H2,1H3,(H,14,17). The molecule has 0 aromatic carbocycles. The van der Waals surface area contributed by atoms with Gasteiger partial charge in [0.25, 0.3) is 0 Å². The molecule has 0 saturated heterocycles. The molecule has 0 fully saturated rings. The molecule has 7 nitrogen and oxygen atoms in total. The average Bonchev–Trinajstić information content (AvgIpc) is 2.92. The van der Waals surface area contributed by atoms with Crippen molar-refractivity contribution in [2.45, 2.75) is 6.54 Å². The van der Waals surface area contributed by atoms with Crippen molar-refractivity contribution in [3.05, 3.63) is 35.9 Å². The molecule has 3 aromatic heterocycles. The van der Waals surface area contributed by atoms with E-state index in [-0.39, 0.29) is 5.82 Å². The number of anilines is 2. The van der Waals surface area contributed by atoms with Gasteiger partial charge in [-0.2, -0.15) is 10.1 Å². The highest BCUT2D eigenvalue weighted by atomic mass is 19.1. The van der Waals surface area contributed by atoms with Crippen LogP contribution in [0.5, 0.6) is 0 Å². The van der Waals surface area contributed by atoms with E-state index in [4.69, 9.17) is 5.73 Å². The molecule has 0 atom stereocenters. The number of hydrogen-bond donors (Lipinski definition) is 2. The molecule has 0 bridgehead atoms. The number of aryl methyl sites for hydroxylation is 1. The molecular weight excluding hydrogens is 249 g/mol. The molecule has 0 saturated carbocycles. The lowest BCUT2D eigenvalue weighted by molar-refractivity contribution is 0.615. The van der Waals surface area contributed by atoms with Crippen LogP contribution in [-0.2, 0) is 13.6 Å². The maximum absolute atomic E-state index is 13.0. The molecule has 0 aliphatic carbocycles. The fourth-order valence-corrected chi connectivity index (χ4v) is 1.74. The number of halogens is 1. The third kappa shape index (κ3) is 2.07. The lowest BCUT2D eigenvalue weighted by atomic mass is 10.3. The van der Waals surface area contributed by atoms with Crippen LogP contribution >= 0.6 is 0 Å². The Morgan fingerprint density at radius 2 is 2.26 bits per heavy atom. The minimum atomic E-state index is -0.361. The molecule has 0 unspecified atom stereocenters. The van der Waals surface area contributed by atoms with Gasteiger partial charge in [-0.15, -0.1) is 5.10 Å². The van der Waals surface area contributed by atoms with Crippen molar-refractivity contribution in [1.29, 1.82) is 0 Å². The smallest absolute Gasteiger partial charge is 0.243 e. The van der Waals surface area contributed by atoms with Crippen LogP contribution in [0.4, 0.5) is 16.2 Å². The van der Waals surface area contributed by atoms with Crippen molar-refractivity contribution in [1.82, 2.24) is 24.4 Å². The Hall–Kier alpha value is -2.64. The van der Waals surface area contributed by atoms with E-state index in [1.165, 1.54) is 16.8 Å². The minimum Gasteiger partial charge on any atom is -0.384 e. The van der Waals surface area contributed by atoms with Gasteiger partial charge < -0.3 is 11.1 Å². The predicted octanol–water partition coefficient (Wildman–Crippen LogP) is 0.796. The molecule has 98 valence electrons. The highest BCUT2D eigenvalue weighted by Gasteiger charge is 2.07. The van der Waals surface area contributed by atoms with Crippen molar-refractivity contribution in [3.63, 3.8) is 0 Å². The Balaban J connectivity index is 1.80. The lowest BCUT2D eigenvalue weighted by Crippen LogP contribution is -2.05. The van der Waals surface area contributed by atoms with Crippen LogP contribution in [-0.4, -0.2) is 24.4 Å². The van der Waals surface area contributed by atoms with E-state index in [9.17, 15) is 4.39 Å². The van der Waals surface area contributed by atoms with Crippen LogP contribution < -0.4 is 11.1 Å². The summed E-state index contributed by atoms with van der Waals surface area (Å²) in [4.78, 5) is 4.21. The van der Waals surface area contributed by atoms with Gasteiger partial charge in [0.2, 0.25) is 5.95 Å². The summed E-state index contributed by atoms with van der Waals surface area (Å²) in [5.41, 5.74) is 7.25. The first-order valence-electron chi connectivity index (χ1n) is 5.65. The largest absolute Gasteiger partial charge is 0.384 e. The third-order valence-corrected chi connectivity index (χ3v) is 2.80. The van der Waals surface area contributed by atoms with Gasteiger partial charge in [-0.1, -0.05) is 0 Å². The molecule has 0 spiro atoms. The fourth-order valence-electron chi connectivity index (χ4n) is 1.74. The fraction of sp³-hybridized carbons (Fsp3) is 0.182. The van der Waals surface area contributed by atoms with Crippen LogP contribution in [0, 0.1) is 5.82 Å². The van der Waals surface area contributed by atoms with Crippen LogP contribution in [0.25, 0.3) is 5.65 Å². The van der Waals surface area contributed by atoms with Crippen LogP contribution in [0.3, 0.4) is 0 Å². The molecule has 8 heteroatoms. The molecule has 3 heterocycles. The van der Waals surface area contributed by atoms with Gasteiger partial charge in [-0.05, 0) is 12.1 Å². The normalized spacial score (nSPS) is 11.1. The van der Waals surface area contributed by atoms with Crippen molar-refractivity contribution < 1.29 is 4.39 Å². The second-order valence-electron chi connectivity index (χ2n) is 4.12. The van der Waals surface area contributed by atoms with E-state index >= 15 is 0 Å². The van der Waals surface area contributed by atoms with E-state index < -0.39 is 0 Å². The number of rotatable bonds is 3. The Morgan fingerprint density at radius 3 is 3.00 bits per heavy atom. The number of nitrogens with one attached hydrogen (secondary N) is 1. The average molecular weight is 261 g/mol. The van der Waals surface area contributed by atoms with E-state index in [0.717, 1.165) is 5.56 Å². The number of pyridine rings is 1. The van der Waals surface area contributed by atoms with E-state index in [0.29, 0.717) is 24.0 Å². The third-order valence-electron chi connectivity index (χ3n) is 2.80. The van der Waals surface area contributed by atoms with Crippen LogP contribution in [0.15, 0.2) is 24.5 Å². The predicted molar refractivity (Wildman–Crippen MR) is 67.9 cm³/mol. The number of aromatic nitrogens is 5. The quantitative estimate of drug-likeness (QED) is 0.728. The summed E-state index contributed by atoms with van der Waals surface area (Å²) in [6.45, 7) is 0.457. The summed E-state index contributed by atoms with van der Waals surface area (Å²) in [6.07, 6.45) is 2.95. The SMILES string of the molecule is Cn1ncc(CNc2nc3ccc(F)cn3n2)c1N. The Labute approximate surface area is 107 Å². The van der Waals surface area contributed by atoms with Crippen molar-refractivity contribution in [2.75, 3.05) is 11.1 Å². The van der Waals surface area contributed by atoms with Gasteiger partial charge in [-0.25, -0.2) is 8.91 Å². The zero-order valence-corrected chi connectivity index (χ0v) is 10.2. The first kappa shape index (κ1) is 11.5. The van der Waals surface area contributed by atoms with E-state index in [1.54, 1.807) is 24.0 Å². The Kier molecular flexibility index (Phi) is 2.55. The minimum absolute atomic E-state index is 0.361. The summed E-state index contributed by atoms with van der Waals surface area (Å²) >= 11 is 0. The van der Waals surface area contributed by atoms with Gasteiger partial charge in [-0.3, -0.25) is 4.68 Å². The number of nitrogens with two attached hydrogens (primary N) is 1. The number of nitrogens with zero attached hydrogens (tertiary/aromatic N) is 5. The molecule has 19 heavy (non-hydrogen) atoms. The molecular formula is C11H12FN7. The van der Waals surface area contributed by atoms with Crippen LogP contribution in [0.1, 0.15) is 5.56 Å². The summed E-state index contributed by atoms with van der Waals surface area (Å²) in [5.74, 6) is 0.636. The van der Waals surface area contributed by atoms with Gasteiger partial charge in [0, 0.05) is 19.2 Å². The highest BCUT2D eigenvalue weighted by molar-refractivity contribution is 5.45. The maximum atomic E-state index is 13.0. The number of hydrogen-bond acceptors (Lipinski definition) is 5. The molecule has 0 amide bonds. The molecule has 3 aromatic rings. The number of nitrogen functional groups attached to an aromatic ring is 1. The molecule has 0 aliphatic heterocycles. The van der Waals surface area contributed by atoms with Crippen molar-refractivity contribution in [2.24, 2.45) is 7.05 Å². The van der Waals surface area contributed by atoms with Gasteiger partial charge >= 0.3 is 0 Å². The molecule has 3 rings (SSSR count).